The average Bonchev–Trinajstić information content (AvgIpc) is 2.52. The molecule has 128 valence electrons. The van der Waals surface area contributed by atoms with Gasteiger partial charge in [0.2, 0.25) is 5.60 Å². The third-order valence-corrected chi connectivity index (χ3v) is 3.40. The first kappa shape index (κ1) is 17.9. The van der Waals surface area contributed by atoms with Crippen LogP contribution in [0.25, 0.3) is 0 Å². The summed E-state index contributed by atoms with van der Waals surface area (Å²) < 4.78 is 66.0. The largest absolute Gasteiger partial charge is 0.423 e. The number of amides is 1. The van der Waals surface area contributed by atoms with Crippen molar-refractivity contribution in [3.63, 3.8) is 0 Å². The Kier molecular flexibility index (Phi) is 4.88. The van der Waals surface area contributed by atoms with Crippen molar-refractivity contribution in [1.29, 1.82) is 0 Å². The molecule has 0 aromatic heterocycles. The number of benzene rings is 2. The molecule has 0 aliphatic rings. The molecule has 0 fully saturated rings. The summed E-state index contributed by atoms with van der Waals surface area (Å²) in [6.07, 6.45) is -5.08. The fourth-order valence-electron chi connectivity index (χ4n) is 2.06. The number of hydrogen-bond acceptors (Lipinski definition) is 2. The van der Waals surface area contributed by atoms with E-state index in [-0.39, 0.29) is 0 Å². The zero-order valence-electron chi connectivity index (χ0n) is 12.1. The zero-order valence-corrected chi connectivity index (χ0v) is 12.1. The molecule has 8 heteroatoms. The molecule has 0 spiro atoms. The molecule has 2 N–H and O–H groups in total. The van der Waals surface area contributed by atoms with Gasteiger partial charge in [-0.1, -0.05) is 30.3 Å². The van der Waals surface area contributed by atoms with Crippen LogP contribution in [-0.4, -0.2) is 23.7 Å². The van der Waals surface area contributed by atoms with Gasteiger partial charge in [-0.2, -0.15) is 13.2 Å². The van der Waals surface area contributed by atoms with Gasteiger partial charge in [-0.05, 0) is 17.7 Å². The lowest BCUT2D eigenvalue weighted by Crippen LogP contribution is -2.51. The molecule has 0 heterocycles. The van der Waals surface area contributed by atoms with Gasteiger partial charge in [-0.3, -0.25) is 4.79 Å². The highest BCUT2D eigenvalue weighted by atomic mass is 19.4. The van der Waals surface area contributed by atoms with E-state index >= 15 is 0 Å². The number of rotatable bonds is 4. The molecule has 2 aromatic carbocycles. The van der Waals surface area contributed by atoms with Crippen molar-refractivity contribution in [2.45, 2.75) is 11.8 Å². The molecule has 2 aromatic rings. The maximum atomic E-state index is 13.5. The number of carbonyl (C=O) groups excluding carboxylic acids is 1. The minimum atomic E-state index is -5.08. The lowest BCUT2D eigenvalue weighted by Gasteiger charge is -2.31. The van der Waals surface area contributed by atoms with Crippen molar-refractivity contribution < 1.29 is 31.9 Å². The van der Waals surface area contributed by atoms with Gasteiger partial charge >= 0.3 is 6.18 Å². The van der Waals surface area contributed by atoms with Crippen LogP contribution in [0.1, 0.15) is 15.9 Å². The Morgan fingerprint density at radius 2 is 1.67 bits per heavy atom. The minimum Gasteiger partial charge on any atom is -0.375 e. The Hall–Kier alpha value is -2.48. The van der Waals surface area contributed by atoms with Crippen LogP contribution >= 0.6 is 0 Å². The van der Waals surface area contributed by atoms with Gasteiger partial charge in [0.25, 0.3) is 5.91 Å². The Morgan fingerprint density at radius 3 is 2.21 bits per heavy atom. The highest BCUT2D eigenvalue weighted by Gasteiger charge is 2.55. The van der Waals surface area contributed by atoms with Crippen molar-refractivity contribution in [1.82, 2.24) is 5.32 Å². The maximum Gasteiger partial charge on any atom is 0.423 e. The van der Waals surface area contributed by atoms with Crippen molar-refractivity contribution in [2.24, 2.45) is 0 Å². The highest BCUT2D eigenvalue weighted by molar-refractivity contribution is 5.94. The molecule has 0 saturated carbocycles. The second-order valence-electron chi connectivity index (χ2n) is 5.03. The molecule has 1 amide bonds. The van der Waals surface area contributed by atoms with E-state index in [1.54, 1.807) is 0 Å². The summed E-state index contributed by atoms with van der Waals surface area (Å²) in [5, 5.41) is 11.9. The number of halogens is 5. The summed E-state index contributed by atoms with van der Waals surface area (Å²) in [5.74, 6) is -3.35. The van der Waals surface area contributed by atoms with Crippen molar-refractivity contribution in [3.05, 3.63) is 71.3 Å². The van der Waals surface area contributed by atoms with Crippen molar-refractivity contribution in [2.75, 3.05) is 6.54 Å². The van der Waals surface area contributed by atoms with E-state index in [1.165, 1.54) is 18.2 Å². The van der Waals surface area contributed by atoms with Gasteiger partial charge < -0.3 is 10.4 Å². The van der Waals surface area contributed by atoms with Crippen LogP contribution in [0.15, 0.2) is 48.5 Å². The van der Waals surface area contributed by atoms with Gasteiger partial charge in [0, 0.05) is 6.07 Å². The van der Waals surface area contributed by atoms with E-state index in [2.05, 4.69) is 0 Å². The third kappa shape index (κ3) is 3.53. The lowest BCUT2D eigenvalue weighted by atomic mass is 9.93. The SMILES string of the molecule is O=C(NCC(O)(c1ccccc1)C(F)(F)F)c1ccc(F)cc1F. The summed E-state index contributed by atoms with van der Waals surface area (Å²) in [6, 6.07) is 8.20. The Bertz CT molecular complexity index is 733. The quantitative estimate of drug-likeness (QED) is 0.837. The molecule has 2 rings (SSSR count). The molecule has 0 radical (unpaired) electrons. The molecular formula is C16H12F5NO2. The van der Waals surface area contributed by atoms with Gasteiger partial charge in [0.05, 0.1) is 12.1 Å². The van der Waals surface area contributed by atoms with Gasteiger partial charge in [0.1, 0.15) is 11.6 Å². The first-order chi connectivity index (χ1) is 11.1. The smallest absolute Gasteiger partial charge is 0.375 e. The molecule has 0 aliphatic carbocycles. The lowest BCUT2D eigenvalue weighted by molar-refractivity contribution is -0.263. The number of hydrogen-bond donors (Lipinski definition) is 2. The van der Waals surface area contributed by atoms with Crippen LogP contribution in [0.2, 0.25) is 0 Å². The average molecular weight is 345 g/mol. The Labute approximate surface area is 133 Å². The van der Waals surface area contributed by atoms with Crippen LogP contribution in [0.3, 0.4) is 0 Å². The Morgan fingerprint density at radius 1 is 1.04 bits per heavy atom. The summed E-state index contributed by atoms with van der Waals surface area (Å²) in [4.78, 5) is 11.8. The Balaban J connectivity index is 2.24. The number of nitrogens with one attached hydrogen (secondary N) is 1. The fraction of sp³-hybridized carbons (Fsp3) is 0.188. The second-order valence-corrected chi connectivity index (χ2v) is 5.03. The predicted molar refractivity (Wildman–Crippen MR) is 75.1 cm³/mol. The molecule has 0 aliphatic heterocycles. The van der Waals surface area contributed by atoms with Gasteiger partial charge in [-0.25, -0.2) is 8.78 Å². The zero-order chi connectivity index (χ0) is 18.0. The molecule has 1 atom stereocenters. The monoisotopic (exact) mass is 345 g/mol. The summed E-state index contributed by atoms with van der Waals surface area (Å²) in [7, 11) is 0. The summed E-state index contributed by atoms with van der Waals surface area (Å²) in [5.41, 5.74) is -4.45. The summed E-state index contributed by atoms with van der Waals surface area (Å²) >= 11 is 0. The van der Waals surface area contributed by atoms with E-state index < -0.39 is 47.0 Å². The molecule has 1 unspecified atom stereocenters. The molecule has 0 bridgehead atoms. The fourth-order valence-corrected chi connectivity index (χ4v) is 2.06. The topological polar surface area (TPSA) is 49.3 Å². The van der Waals surface area contributed by atoms with E-state index in [4.69, 9.17) is 0 Å². The first-order valence-corrected chi connectivity index (χ1v) is 6.73. The van der Waals surface area contributed by atoms with Crippen LogP contribution in [-0.2, 0) is 5.60 Å². The highest BCUT2D eigenvalue weighted by Crippen LogP contribution is 2.38. The molecule has 24 heavy (non-hydrogen) atoms. The van der Waals surface area contributed by atoms with E-state index in [0.717, 1.165) is 24.3 Å². The minimum absolute atomic E-state index is 0.433. The van der Waals surface area contributed by atoms with Gasteiger partial charge in [-0.15, -0.1) is 0 Å². The normalized spacial score (nSPS) is 14.1. The first-order valence-electron chi connectivity index (χ1n) is 6.73. The van der Waals surface area contributed by atoms with E-state index in [9.17, 15) is 31.9 Å². The second kappa shape index (κ2) is 6.56. The number of carbonyl (C=O) groups is 1. The standard InChI is InChI=1S/C16H12F5NO2/c17-11-6-7-12(13(18)8-11)14(23)22-9-15(24,16(19,20)21)10-4-2-1-3-5-10/h1-8,24H,9H2,(H,22,23). The number of alkyl halides is 3. The van der Waals surface area contributed by atoms with E-state index in [1.807, 2.05) is 5.32 Å². The third-order valence-electron chi connectivity index (χ3n) is 3.40. The van der Waals surface area contributed by atoms with Crippen molar-refractivity contribution >= 4 is 5.91 Å². The van der Waals surface area contributed by atoms with Crippen LogP contribution in [0.5, 0.6) is 0 Å². The van der Waals surface area contributed by atoms with Gasteiger partial charge in [0.15, 0.2) is 0 Å². The maximum absolute atomic E-state index is 13.5. The van der Waals surface area contributed by atoms with Crippen molar-refractivity contribution in [3.8, 4) is 0 Å². The molecule has 0 saturated heterocycles. The molecule has 3 nitrogen and oxygen atoms in total. The van der Waals surface area contributed by atoms with Crippen LogP contribution in [0, 0.1) is 11.6 Å². The number of aliphatic hydroxyl groups is 1. The molecular weight excluding hydrogens is 333 g/mol. The van der Waals surface area contributed by atoms with E-state index in [0.29, 0.717) is 6.07 Å². The predicted octanol–water partition coefficient (Wildman–Crippen LogP) is 3.14. The summed E-state index contributed by atoms with van der Waals surface area (Å²) in [6.45, 7) is -1.23. The van der Waals surface area contributed by atoms with Crippen LogP contribution in [0.4, 0.5) is 22.0 Å². The van der Waals surface area contributed by atoms with Crippen LogP contribution < -0.4 is 5.32 Å².